The van der Waals surface area contributed by atoms with Gasteiger partial charge in [-0.3, -0.25) is 0 Å². The number of nitriles is 1. The molecule has 0 fully saturated rings. The second kappa shape index (κ2) is 5.41. The van der Waals surface area contributed by atoms with Gasteiger partial charge in [-0.15, -0.1) is 10.2 Å². The number of tetrazole rings is 1. The maximum absolute atomic E-state index is 13.5. The van der Waals surface area contributed by atoms with E-state index < -0.39 is 16.7 Å². The van der Waals surface area contributed by atoms with E-state index in [0.29, 0.717) is 0 Å². The molecule has 0 aliphatic rings. The Labute approximate surface area is 110 Å². The maximum Gasteiger partial charge on any atom is 0.216 e. The summed E-state index contributed by atoms with van der Waals surface area (Å²) in [6, 6.07) is 3.60. The smallest absolute Gasteiger partial charge is 0.216 e. The molecule has 0 saturated carbocycles. The van der Waals surface area contributed by atoms with Crippen molar-refractivity contribution < 1.29 is 8.78 Å². The van der Waals surface area contributed by atoms with Crippen molar-refractivity contribution in [1.82, 2.24) is 20.6 Å². The zero-order valence-electron chi connectivity index (χ0n) is 9.15. The molecule has 0 spiro atoms. The molecule has 0 radical (unpaired) electrons. The molecule has 0 amide bonds. The van der Waals surface area contributed by atoms with Crippen molar-refractivity contribution in [3.63, 3.8) is 0 Å². The monoisotopic (exact) mass is 282 g/mol. The summed E-state index contributed by atoms with van der Waals surface area (Å²) in [6.45, 7) is 0. The third-order valence-corrected chi connectivity index (χ3v) is 2.48. The number of anilines is 1. The van der Waals surface area contributed by atoms with Gasteiger partial charge in [0.05, 0.1) is 5.69 Å². The zero-order chi connectivity index (χ0) is 13.8. The minimum Gasteiger partial charge on any atom is -0.357 e. The van der Waals surface area contributed by atoms with Gasteiger partial charge in [0.15, 0.2) is 0 Å². The predicted molar refractivity (Wildman–Crippen MR) is 62.8 cm³/mol. The van der Waals surface area contributed by atoms with Gasteiger partial charge in [-0.2, -0.15) is 10.5 Å². The lowest BCUT2D eigenvalue weighted by atomic mass is 10.2. The van der Waals surface area contributed by atoms with E-state index in [-0.39, 0.29) is 17.1 Å². The Morgan fingerprint density at radius 2 is 2.16 bits per heavy atom. The molecule has 0 bridgehead atoms. The molecule has 9 heteroatoms. The van der Waals surface area contributed by atoms with Gasteiger partial charge in [0.2, 0.25) is 5.82 Å². The molecule has 0 unspecified atom stereocenters. The molecule has 96 valence electrons. The number of hydrogen-bond donors (Lipinski definition) is 2. The van der Waals surface area contributed by atoms with E-state index >= 15 is 0 Å². The Balaban J connectivity index is 2.32. The van der Waals surface area contributed by atoms with Crippen molar-refractivity contribution in [2.45, 2.75) is 0 Å². The predicted octanol–water partition coefficient (Wildman–Crippen LogP) is 2.11. The van der Waals surface area contributed by atoms with Gasteiger partial charge in [-0.05, 0) is 17.3 Å². The van der Waals surface area contributed by atoms with Crippen LogP contribution in [0.2, 0.25) is 5.02 Å². The summed E-state index contributed by atoms with van der Waals surface area (Å²) in [7, 11) is 0. The lowest BCUT2D eigenvalue weighted by Gasteiger charge is -2.06. The summed E-state index contributed by atoms with van der Waals surface area (Å²) in [6.07, 6.45) is 1.11. The number of hydrogen-bond acceptors (Lipinski definition) is 5. The minimum absolute atomic E-state index is 0.0166. The molecule has 1 aromatic carbocycles. The average Bonchev–Trinajstić information content (AvgIpc) is 2.92. The third-order valence-electron chi connectivity index (χ3n) is 2.11. The molecular formula is C10H5ClF2N6. The second-order valence-corrected chi connectivity index (χ2v) is 3.65. The highest BCUT2D eigenvalue weighted by Gasteiger charge is 2.12. The van der Waals surface area contributed by atoms with Crippen LogP contribution >= 0.6 is 11.6 Å². The number of benzene rings is 1. The number of aromatic amines is 1. The quantitative estimate of drug-likeness (QED) is 0.664. The lowest BCUT2D eigenvalue weighted by molar-refractivity contribution is 0.604. The van der Waals surface area contributed by atoms with Crippen LogP contribution in [0.25, 0.3) is 5.57 Å². The molecule has 2 N–H and O–H groups in total. The molecule has 6 nitrogen and oxygen atoms in total. The van der Waals surface area contributed by atoms with Crippen molar-refractivity contribution in [3.05, 3.63) is 40.8 Å². The van der Waals surface area contributed by atoms with E-state index in [2.05, 4.69) is 25.9 Å². The summed E-state index contributed by atoms with van der Waals surface area (Å²) in [5, 5.41) is 23.5. The molecule has 0 atom stereocenters. The number of halogens is 3. The minimum atomic E-state index is -0.781. The molecule has 0 aliphatic carbocycles. The van der Waals surface area contributed by atoms with E-state index in [1.165, 1.54) is 0 Å². The topological polar surface area (TPSA) is 90.3 Å². The normalized spacial score (nSPS) is 11.2. The van der Waals surface area contributed by atoms with Gasteiger partial charge in [-0.25, -0.2) is 8.78 Å². The fraction of sp³-hybridized carbons (Fsp3) is 0. The van der Waals surface area contributed by atoms with Crippen molar-refractivity contribution in [1.29, 1.82) is 5.26 Å². The first kappa shape index (κ1) is 12.9. The first-order valence-corrected chi connectivity index (χ1v) is 5.25. The molecule has 2 rings (SSSR count). The van der Waals surface area contributed by atoms with E-state index in [0.717, 1.165) is 18.3 Å². The molecule has 19 heavy (non-hydrogen) atoms. The Hall–Kier alpha value is -2.53. The first-order chi connectivity index (χ1) is 9.13. The van der Waals surface area contributed by atoms with E-state index in [1.807, 2.05) is 0 Å². The zero-order valence-corrected chi connectivity index (χ0v) is 9.91. The Morgan fingerprint density at radius 3 is 2.79 bits per heavy atom. The van der Waals surface area contributed by atoms with Gasteiger partial charge in [-0.1, -0.05) is 11.6 Å². The highest BCUT2D eigenvalue weighted by atomic mass is 35.5. The standard InChI is InChI=1S/C10H5ClF2N6/c11-8-6(12)1-2-7(13)9(8)15-4-5(3-14)10-16-18-19-17-10/h1-2,4,15H,(H,16,17,18,19). The van der Waals surface area contributed by atoms with E-state index in [9.17, 15) is 8.78 Å². The summed E-state index contributed by atoms with van der Waals surface area (Å²) < 4.78 is 26.6. The second-order valence-electron chi connectivity index (χ2n) is 3.27. The summed E-state index contributed by atoms with van der Waals surface area (Å²) in [5.41, 5.74) is -0.300. The molecular weight excluding hydrogens is 278 g/mol. The molecule has 1 aromatic heterocycles. The van der Waals surface area contributed by atoms with Crippen LogP contribution in [0.3, 0.4) is 0 Å². The van der Waals surface area contributed by atoms with Crippen molar-refractivity contribution in [2.75, 3.05) is 5.32 Å². The summed E-state index contributed by atoms with van der Waals surface area (Å²) in [5.74, 6) is -1.52. The van der Waals surface area contributed by atoms with Crippen LogP contribution in [0.1, 0.15) is 5.82 Å². The number of allylic oxidation sites excluding steroid dienone is 1. The number of rotatable bonds is 3. The van der Waals surface area contributed by atoms with Gasteiger partial charge >= 0.3 is 0 Å². The Kier molecular flexibility index (Phi) is 3.68. The number of nitrogens with one attached hydrogen (secondary N) is 2. The van der Waals surface area contributed by atoms with Crippen LogP contribution in [-0.2, 0) is 0 Å². The van der Waals surface area contributed by atoms with E-state index in [1.54, 1.807) is 6.07 Å². The molecule has 0 saturated heterocycles. The van der Waals surface area contributed by atoms with Crippen LogP contribution in [0, 0.1) is 23.0 Å². The van der Waals surface area contributed by atoms with E-state index in [4.69, 9.17) is 16.9 Å². The number of H-pyrrole nitrogens is 1. The van der Waals surface area contributed by atoms with Crippen LogP contribution in [0.15, 0.2) is 18.3 Å². The Morgan fingerprint density at radius 1 is 1.42 bits per heavy atom. The fourth-order valence-corrected chi connectivity index (χ4v) is 1.43. The summed E-state index contributed by atoms with van der Waals surface area (Å²) in [4.78, 5) is 0. The van der Waals surface area contributed by atoms with Crippen molar-refractivity contribution in [3.8, 4) is 6.07 Å². The van der Waals surface area contributed by atoms with Crippen molar-refractivity contribution >= 4 is 22.9 Å². The molecule has 1 heterocycles. The fourth-order valence-electron chi connectivity index (χ4n) is 1.23. The highest BCUT2D eigenvalue weighted by Crippen LogP contribution is 2.28. The average molecular weight is 283 g/mol. The lowest BCUT2D eigenvalue weighted by Crippen LogP contribution is -1.97. The van der Waals surface area contributed by atoms with Crippen LogP contribution in [0.4, 0.5) is 14.5 Å². The highest BCUT2D eigenvalue weighted by molar-refractivity contribution is 6.33. The number of nitrogens with zero attached hydrogens (tertiary/aromatic N) is 4. The molecule has 0 aliphatic heterocycles. The third kappa shape index (κ3) is 2.66. The largest absolute Gasteiger partial charge is 0.357 e. The van der Waals surface area contributed by atoms with Gasteiger partial charge < -0.3 is 5.32 Å². The summed E-state index contributed by atoms with van der Waals surface area (Å²) >= 11 is 5.61. The maximum atomic E-state index is 13.5. The first-order valence-electron chi connectivity index (χ1n) is 4.87. The van der Waals surface area contributed by atoms with Gasteiger partial charge in [0.25, 0.3) is 0 Å². The molecule has 2 aromatic rings. The van der Waals surface area contributed by atoms with Crippen molar-refractivity contribution in [2.24, 2.45) is 0 Å². The van der Waals surface area contributed by atoms with Gasteiger partial charge in [0, 0.05) is 6.20 Å². The van der Waals surface area contributed by atoms with Crippen LogP contribution in [0.5, 0.6) is 0 Å². The van der Waals surface area contributed by atoms with Gasteiger partial charge in [0.1, 0.15) is 28.3 Å². The van der Waals surface area contributed by atoms with Crippen LogP contribution in [-0.4, -0.2) is 20.6 Å². The SMILES string of the molecule is N#CC(=CNc1c(F)ccc(F)c1Cl)c1nn[nH]n1. The van der Waals surface area contributed by atoms with Crippen LogP contribution < -0.4 is 5.32 Å². The number of aromatic nitrogens is 4. The Bertz CT molecular complexity index is 661.